The Morgan fingerprint density at radius 1 is 1.09 bits per heavy atom. The van der Waals surface area contributed by atoms with Gasteiger partial charge in [-0.15, -0.1) is 0 Å². The topological polar surface area (TPSA) is 44.1 Å². The van der Waals surface area contributed by atoms with Crippen LogP contribution in [0.15, 0.2) is 48.7 Å². The molecule has 0 aliphatic rings. The molecule has 118 valence electrons. The van der Waals surface area contributed by atoms with E-state index < -0.39 is 0 Å². The average molecular weight is 308 g/mol. The minimum atomic E-state index is -0.372. The number of ether oxygens (including phenoxy) is 1. The van der Waals surface area contributed by atoms with E-state index in [1.54, 1.807) is 6.20 Å². The van der Waals surface area contributed by atoms with Crippen LogP contribution in [-0.2, 0) is 10.3 Å². The minimum absolute atomic E-state index is 0.217. The molecule has 3 rings (SSSR count). The highest BCUT2D eigenvalue weighted by Crippen LogP contribution is 2.31. The second-order valence-corrected chi connectivity index (χ2v) is 6.53. The van der Waals surface area contributed by atoms with Gasteiger partial charge in [-0.2, -0.15) is 5.10 Å². The summed E-state index contributed by atoms with van der Waals surface area (Å²) in [7, 11) is 1.39. The highest BCUT2D eigenvalue weighted by molar-refractivity contribution is 6.02. The maximum Gasteiger partial charge on any atom is 0.341 e. The molecule has 0 unspecified atom stereocenters. The summed E-state index contributed by atoms with van der Waals surface area (Å²) in [5, 5.41) is 6.87. The first-order chi connectivity index (χ1) is 10.9. The Hall–Kier alpha value is -2.62. The Kier molecular flexibility index (Phi) is 3.68. The van der Waals surface area contributed by atoms with Gasteiger partial charge in [0.05, 0.1) is 12.6 Å². The molecule has 0 amide bonds. The quantitative estimate of drug-likeness (QED) is 0.665. The molecule has 1 aromatic heterocycles. The van der Waals surface area contributed by atoms with E-state index in [0.717, 1.165) is 16.3 Å². The third-order valence-corrected chi connectivity index (χ3v) is 3.85. The lowest BCUT2D eigenvalue weighted by molar-refractivity contribution is 0.0601. The zero-order valence-corrected chi connectivity index (χ0v) is 13.8. The molecule has 3 aromatic rings. The van der Waals surface area contributed by atoms with Crippen molar-refractivity contribution in [1.29, 1.82) is 0 Å². The first-order valence-electron chi connectivity index (χ1n) is 7.58. The number of methoxy groups -OCH3 is 1. The second-order valence-electron chi connectivity index (χ2n) is 6.53. The normalized spacial score (nSPS) is 11.7. The maximum absolute atomic E-state index is 12.2. The van der Waals surface area contributed by atoms with Crippen LogP contribution in [0.5, 0.6) is 0 Å². The van der Waals surface area contributed by atoms with Crippen molar-refractivity contribution < 1.29 is 9.53 Å². The summed E-state index contributed by atoms with van der Waals surface area (Å²) in [6, 6.07) is 14.1. The van der Waals surface area contributed by atoms with E-state index in [-0.39, 0.29) is 11.5 Å². The van der Waals surface area contributed by atoms with Crippen molar-refractivity contribution in [3.8, 4) is 11.3 Å². The van der Waals surface area contributed by atoms with Gasteiger partial charge in [0.2, 0.25) is 0 Å². The van der Waals surface area contributed by atoms with Crippen molar-refractivity contribution in [3.05, 3.63) is 54.2 Å². The summed E-state index contributed by atoms with van der Waals surface area (Å²) in [5.41, 5.74) is 1.86. The molecule has 0 saturated heterocycles. The molecule has 2 aromatic carbocycles. The second kappa shape index (κ2) is 5.54. The summed E-state index contributed by atoms with van der Waals surface area (Å²) in [6.07, 6.45) is 1.77. The van der Waals surface area contributed by atoms with Crippen LogP contribution in [0.1, 0.15) is 31.1 Å². The molecular formula is C19H20N2O2. The van der Waals surface area contributed by atoms with E-state index in [9.17, 15) is 4.79 Å². The van der Waals surface area contributed by atoms with Gasteiger partial charge in [-0.3, -0.25) is 4.68 Å². The molecule has 0 N–H and O–H groups in total. The number of aromatic nitrogens is 2. The van der Waals surface area contributed by atoms with Crippen LogP contribution in [0.2, 0.25) is 0 Å². The minimum Gasteiger partial charge on any atom is -0.465 e. The van der Waals surface area contributed by atoms with Gasteiger partial charge in [0.1, 0.15) is 11.3 Å². The number of carbonyl (C=O) groups is 1. The van der Waals surface area contributed by atoms with Crippen LogP contribution >= 0.6 is 0 Å². The summed E-state index contributed by atoms with van der Waals surface area (Å²) in [5.74, 6) is -0.372. The molecule has 1 heterocycles. The van der Waals surface area contributed by atoms with Crippen molar-refractivity contribution in [2.45, 2.75) is 26.3 Å². The predicted octanol–water partition coefficient (Wildman–Crippen LogP) is 4.24. The molecule has 0 bridgehead atoms. The van der Waals surface area contributed by atoms with Crippen LogP contribution in [0.25, 0.3) is 22.0 Å². The van der Waals surface area contributed by atoms with Crippen molar-refractivity contribution in [3.63, 3.8) is 0 Å². The zero-order chi connectivity index (χ0) is 16.6. The number of rotatable bonds is 2. The highest BCUT2D eigenvalue weighted by Gasteiger charge is 2.24. The van der Waals surface area contributed by atoms with Gasteiger partial charge in [0.15, 0.2) is 0 Å². The lowest BCUT2D eigenvalue weighted by Crippen LogP contribution is -2.22. The van der Waals surface area contributed by atoms with Crippen molar-refractivity contribution in [2.75, 3.05) is 7.11 Å². The number of benzene rings is 2. The largest absolute Gasteiger partial charge is 0.465 e. The lowest BCUT2D eigenvalue weighted by atomic mass is 10.0. The number of esters is 1. The smallest absolute Gasteiger partial charge is 0.341 e. The van der Waals surface area contributed by atoms with Gasteiger partial charge in [-0.1, -0.05) is 42.5 Å². The van der Waals surface area contributed by atoms with Crippen LogP contribution in [0.4, 0.5) is 0 Å². The highest BCUT2D eigenvalue weighted by atomic mass is 16.5. The Bertz CT molecular complexity index is 867. The monoisotopic (exact) mass is 308 g/mol. The lowest BCUT2D eigenvalue weighted by Gasteiger charge is -2.18. The van der Waals surface area contributed by atoms with Crippen LogP contribution in [-0.4, -0.2) is 22.9 Å². The van der Waals surface area contributed by atoms with E-state index >= 15 is 0 Å². The van der Waals surface area contributed by atoms with Crippen LogP contribution < -0.4 is 0 Å². The third-order valence-electron chi connectivity index (χ3n) is 3.85. The van der Waals surface area contributed by atoms with Gasteiger partial charge < -0.3 is 4.74 Å². The summed E-state index contributed by atoms with van der Waals surface area (Å²) in [4.78, 5) is 12.2. The number of hydrogen-bond donors (Lipinski definition) is 0. The molecule has 0 spiro atoms. The average Bonchev–Trinajstić information content (AvgIpc) is 2.99. The number of hydrogen-bond acceptors (Lipinski definition) is 3. The fourth-order valence-corrected chi connectivity index (χ4v) is 2.61. The summed E-state index contributed by atoms with van der Waals surface area (Å²) < 4.78 is 6.76. The SMILES string of the molecule is COC(=O)c1cn(C(C)(C)C)nc1-c1cccc2ccccc12. The van der Waals surface area contributed by atoms with Gasteiger partial charge in [-0.05, 0) is 31.5 Å². The molecular weight excluding hydrogens is 288 g/mol. The standard InChI is InChI=1S/C19H20N2O2/c1-19(2,3)21-12-16(18(22)23-4)17(20-21)15-11-7-9-13-8-5-6-10-14(13)15/h5-12H,1-4H3. The fraction of sp³-hybridized carbons (Fsp3) is 0.263. The van der Waals surface area contributed by atoms with Crippen molar-refractivity contribution in [2.24, 2.45) is 0 Å². The maximum atomic E-state index is 12.2. The summed E-state index contributed by atoms with van der Waals surface area (Å²) in [6.45, 7) is 6.15. The molecule has 4 nitrogen and oxygen atoms in total. The van der Waals surface area contributed by atoms with Gasteiger partial charge in [0, 0.05) is 11.8 Å². The van der Waals surface area contributed by atoms with Crippen molar-refractivity contribution in [1.82, 2.24) is 9.78 Å². The Morgan fingerprint density at radius 3 is 2.48 bits per heavy atom. The molecule has 0 saturated carbocycles. The Labute approximate surface area is 135 Å². The molecule has 0 aliphatic heterocycles. The first-order valence-corrected chi connectivity index (χ1v) is 7.58. The number of fused-ring (bicyclic) bond motifs is 1. The van der Waals surface area contributed by atoms with E-state index in [0.29, 0.717) is 11.3 Å². The van der Waals surface area contributed by atoms with Gasteiger partial charge in [-0.25, -0.2) is 4.79 Å². The fourth-order valence-electron chi connectivity index (χ4n) is 2.61. The van der Waals surface area contributed by atoms with Gasteiger partial charge >= 0.3 is 5.97 Å². The van der Waals surface area contributed by atoms with Crippen LogP contribution in [0, 0.1) is 0 Å². The molecule has 0 fully saturated rings. The molecule has 0 atom stereocenters. The molecule has 0 radical (unpaired) electrons. The number of carbonyl (C=O) groups excluding carboxylic acids is 1. The first kappa shape index (κ1) is 15.3. The van der Waals surface area contributed by atoms with Gasteiger partial charge in [0.25, 0.3) is 0 Å². The summed E-state index contributed by atoms with van der Waals surface area (Å²) >= 11 is 0. The third kappa shape index (κ3) is 2.72. The molecule has 4 heteroatoms. The molecule has 0 aliphatic carbocycles. The molecule has 23 heavy (non-hydrogen) atoms. The van der Waals surface area contributed by atoms with E-state index in [1.807, 2.05) is 55.8 Å². The number of nitrogens with zero attached hydrogens (tertiary/aromatic N) is 2. The Balaban J connectivity index is 2.29. The van der Waals surface area contributed by atoms with Crippen molar-refractivity contribution >= 4 is 16.7 Å². The van der Waals surface area contributed by atoms with Crippen LogP contribution in [0.3, 0.4) is 0 Å². The van der Waals surface area contributed by atoms with E-state index in [4.69, 9.17) is 4.74 Å². The van der Waals surface area contributed by atoms with E-state index in [1.165, 1.54) is 7.11 Å². The zero-order valence-electron chi connectivity index (χ0n) is 13.8. The Morgan fingerprint density at radius 2 is 1.78 bits per heavy atom. The predicted molar refractivity (Wildman–Crippen MR) is 91.5 cm³/mol. The van der Waals surface area contributed by atoms with E-state index in [2.05, 4.69) is 17.2 Å².